The smallest absolute Gasteiger partial charge is 0.323 e. The minimum atomic E-state index is -0.395. The maximum atomic E-state index is 12.2. The summed E-state index contributed by atoms with van der Waals surface area (Å²) in [5.41, 5.74) is 2.93. The lowest BCUT2D eigenvalue weighted by molar-refractivity contribution is -0.117. The summed E-state index contributed by atoms with van der Waals surface area (Å²) in [6.45, 7) is 0. The molecule has 25 heavy (non-hydrogen) atoms. The van der Waals surface area contributed by atoms with Crippen LogP contribution in [0.5, 0.6) is 11.5 Å². The highest BCUT2D eigenvalue weighted by Gasteiger charge is 2.24. The number of fused-ring (bicyclic) bond motifs is 1. The van der Waals surface area contributed by atoms with Crippen LogP contribution < -0.4 is 25.0 Å². The second kappa shape index (κ2) is 6.72. The first-order chi connectivity index (χ1) is 12.0. The molecule has 1 aliphatic rings. The Kier molecular flexibility index (Phi) is 4.47. The first kappa shape index (κ1) is 16.6. The van der Waals surface area contributed by atoms with Crippen molar-refractivity contribution in [1.82, 2.24) is 0 Å². The zero-order valence-electron chi connectivity index (χ0n) is 14.3. The summed E-state index contributed by atoms with van der Waals surface area (Å²) in [6.07, 6.45) is 0.343. The van der Waals surface area contributed by atoms with E-state index < -0.39 is 6.03 Å². The van der Waals surface area contributed by atoms with Crippen molar-refractivity contribution in [3.05, 3.63) is 42.0 Å². The van der Waals surface area contributed by atoms with Gasteiger partial charge in [-0.05, 0) is 23.8 Å². The highest BCUT2D eigenvalue weighted by molar-refractivity contribution is 6.03. The van der Waals surface area contributed by atoms with Gasteiger partial charge in [-0.2, -0.15) is 0 Å². The molecular weight excluding hydrogens is 322 g/mol. The van der Waals surface area contributed by atoms with Crippen molar-refractivity contribution in [2.24, 2.45) is 0 Å². The topological polar surface area (TPSA) is 79.9 Å². The molecule has 2 aromatic rings. The SMILES string of the molecule is COc1cc(NC(=O)Nc2ccc3c(c2)CC(=O)N3C)cc(OC)c1. The third-order valence-corrected chi connectivity index (χ3v) is 4.02. The van der Waals surface area contributed by atoms with E-state index in [2.05, 4.69) is 10.6 Å². The van der Waals surface area contributed by atoms with Crippen molar-refractivity contribution < 1.29 is 19.1 Å². The van der Waals surface area contributed by atoms with E-state index in [1.54, 1.807) is 50.4 Å². The second-order valence-electron chi connectivity index (χ2n) is 5.65. The summed E-state index contributed by atoms with van der Waals surface area (Å²) in [7, 11) is 4.83. The highest BCUT2D eigenvalue weighted by atomic mass is 16.5. The lowest BCUT2D eigenvalue weighted by atomic mass is 10.1. The van der Waals surface area contributed by atoms with Gasteiger partial charge in [0.25, 0.3) is 0 Å². The number of urea groups is 1. The summed E-state index contributed by atoms with van der Waals surface area (Å²) >= 11 is 0. The van der Waals surface area contributed by atoms with Crippen LogP contribution in [0.25, 0.3) is 0 Å². The first-order valence-corrected chi connectivity index (χ1v) is 7.70. The molecule has 130 valence electrons. The first-order valence-electron chi connectivity index (χ1n) is 7.70. The third-order valence-electron chi connectivity index (χ3n) is 4.02. The predicted molar refractivity (Wildman–Crippen MR) is 95.7 cm³/mol. The van der Waals surface area contributed by atoms with Gasteiger partial charge < -0.3 is 25.0 Å². The average Bonchev–Trinajstić information content (AvgIpc) is 2.88. The maximum absolute atomic E-state index is 12.2. The number of hydrogen-bond donors (Lipinski definition) is 2. The summed E-state index contributed by atoms with van der Waals surface area (Å²) in [4.78, 5) is 25.6. The van der Waals surface area contributed by atoms with Gasteiger partial charge in [-0.3, -0.25) is 4.79 Å². The van der Waals surface area contributed by atoms with Crippen LogP contribution in [0.4, 0.5) is 21.9 Å². The number of rotatable bonds is 4. The zero-order chi connectivity index (χ0) is 18.0. The lowest BCUT2D eigenvalue weighted by Crippen LogP contribution is -2.20. The van der Waals surface area contributed by atoms with Crippen LogP contribution in [0.3, 0.4) is 0 Å². The number of ether oxygens (including phenoxy) is 2. The molecule has 3 rings (SSSR count). The summed E-state index contributed by atoms with van der Waals surface area (Å²) in [5, 5.41) is 5.50. The van der Waals surface area contributed by atoms with Gasteiger partial charge in [0.2, 0.25) is 5.91 Å². The standard InChI is InChI=1S/C18H19N3O4/c1-21-16-5-4-12(6-11(16)7-17(21)22)19-18(23)20-13-8-14(24-2)10-15(9-13)25-3/h4-6,8-10H,7H2,1-3H3,(H2,19,20,23). The molecule has 0 aliphatic carbocycles. The van der Waals surface area contributed by atoms with Crippen LogP contribution in [-0.2, 0) is 11.2 Å². The quantitative estimate of drug-likeness (QED) is 0.896. The summed E-state index contributed by atoms with van der Waals surface area (Å²) < 4.78 is 10.4. The molecule has 1 aliphatic heterocycles. The Labute approximate surface area is 145 Å². The molecule has 0 fully saturated rings. The Morgan fingerprint density at radius 2 is 1.64 bits per heavy atom. The van der Waals surface area contributed by atoms with Crippen molar-refractivity contribution in [2.45, 2.75) is 6.42 Å². The largest absolute Gasteiger partial charge is 0.497 e. The van der Waals surface area contributed by atoms with Gasteiger partial charge >= 0.3 is 6.03 Å². The van der Waals surface area contributed by atoms with E-state index in [0.29, 0.717) is 29.3 Å². The van der Waals surface area contributed by atoms with E-state index in [4.69, 9.17) is 9.47 Å². The molecule has 1 heterocycles. The molecule has 0 atom stereocenters. The van der Waals surface area contributed by atoms with Crippen LogP contribution in [-0.4, -0.2) is 33.2 Å². The highest BCUT2D eigenvalue weighted by Crippen LogP contribution is 2.30. The fourth-order valence-electron chi connectivity index (χ4n) is 2.72. The van der Waals surface area contributed by atoms with E-state index >= 15 is 0 Å². The number of anilines is 3. The number of benzene rings is 2. The van der Waals surface area contributed by atoms with E-state index in [1.807, 2.05) is 12.1 Å². The maximum Gasteiger partial charge on any atom is 0.323 e. The Bertz CT molecular complexity index is 813. The van der Waals surface area contributed by atoms with Crippen LogP contribution in [0, 0.1) is 0 Å². The van der Waals surface area contributed by atoms with Crippen molar-refractivity contribution in [3.63, 3.8) is 0 Å². The number of nitrogens with one attached hydrogen (secondary N) is 2. The molecule has 3 amide bonds. The number of likely N-dealkylation sites (N-methyl/N-ethyl adjacent to an activating group) is 1. The normalized spacial score (nSPS) is 12.6. The number of hydrogen-bond acceptors (Lipinski definition) is 4. The van der Waals surface area contributed by atoms with Gasteiger partial charge in [0, 0.05) is 42.3 Å². The third kappa shape index (κ3) is 3.50. The second-order valence-corrected chi connectivity index (χ2v) is 5.65. The van der Waals surface area contributed by atoms with Crippen LogP contribution >= 0.6 is 0 Å². The van der Waals surface area contributed by atoms with E-state index in [-0.39, 0.29) is 5.91 Å². The fraction of sp³-hybridized carbons (Fsp3) is 0.222. The molecule has 7 heteroatoms. The summed E-state index contributed by atoms with van der Waals surface area (Å²) in [6, 6.07) is 10.1. The van der Waals surface area contributed by atoms with Crippen LogP contribution in [0.15, 0.2) is 36.4 Å². The van der Waals surface area contributed by atoms with Gasteiger partial charge in [0.1, 0.15) is 11.5 Å². The molecule has 0 saturated heterocycles. The Balaban J connectivity index is 1.71. The van der Waals surface area contributed by atoms with Crippen LogP contribution in [0.2, 0.25) is 0 Å². The molecule has 7 nitrogen and oxygen atoms in total. The number of carbonyl (C=O) groups is 2. The van der Waals surface area contributed by atoms with Gasteiger partial charge in [-0.25, -0.2) is 4.79 Å². The lowest BCUT2D eigenvalue weighted by Gasteiger charge is -2.12. The fourth-order valence-corrected chi connectivity index (χ4v) is 2.72. The zero-order valence-corrected chi connectivity index (χ0v) is 14.3. The number of nitrogens with zero attached hydrogens (tertiary/aromatic N) is 1. The van der Waals surface area contributed by atoms with Gasteiger partial charge in [-0.1, -0.05) is 0 Å². The summed E-state index contributed by atoms with van der Waals surface area (Å²) in [5.74, 6) is 1.20. The molecular formula is C18H19N3O4. The van der Waals surface area contributed by atoms with E-state index in [0.717, 1.165) is 11.3 Å². The molecule has 0 unspecified atom stereocenters. The molecule has 0 radical (unpaired) electrons. The molecule has 2 N–H and O–H groups in total. The molecule has 0 bridgehead atoms. The van der Waals surface area contributed by atoms with Crippen molar-refractivity contribution in [2.75, 3.05) is 36.8 Å². The van der Waals surface area contributed by atoms with Gasteiger partial charge in [0.15, 0.2) is 0 Å². The van der Waals surface area contributed by atoms with Crippen molar-refractivity contribution >= 4 is 29.0 Å². The molecule has 0 aromatic heterocycles. The average molecular weight is 341 g/mol. The monoisotopic (exact) mass is 341 g/mol. The van der Waals surface area contributed by atoms with Crippen LogP contribution in [0.1, 0.15) is 5.56 Å². The van der Waals surface area contributed by atoms with Gasteiger partial charge in [0.05, 0.1) is 20.6 Å². The predicted octanol–water partition coefficient (Wildman–Crippen LogP) is 2.87. The number of amides is 3. The Hall–Kier alpha value is -3.22. The Morgan fingerprint density at radius 3 is 2.28 bits per heavy atom. The van der Waals surface area contributed by atoms with Gasteiger partial charge in [-0.15, -0.1) is 0 Å². The Morgan fingerprint density at radius 1 is 1.00 bits per heavy atom. The van der Waals surface area contributed by atoms with E-state index in [1.165, 1.54) is 0 Å². The number of carbonyl (C=O) groups excluding carboxylic acids is 2. The molecule has 0 saturated carbocycles. The van der Waals surface area contributed by atoms with Crippen molar-refractivity contribution in [3.8, 4) is 11.5 Å². The molecule has 0 spiro atoms. The number of methoxy groups -OCH3 is 2. The minimum absolute atomic E-state index is 0.0417. The van der Waals surface area contributed by atoms with E-state index in [9.17, 15) is 9.59 Å². The minimum Gasteiger partial charge on any atom is -0.497 e. The van der Waals surface area contributed by atoms with Crippen molar-refractivity contribution in [1.29, 1.82) is 0 Å². The molecule has 2 aromatic carbocycles.